The predicted molar refractivity (Wildman–Crippen MR) is 145 cm³/mol. The van der Waals surface area contributed by atoms with E-state index in [4.69, 9.17) is 17.0 Å². The fraction of sp³-hybridized carbons (Fsp3) is 0.308. The van der Waals surface area contributed by atoms with Crippen LogP contribution in [0.2, 0.25) is 5.02 Å². The maximum Gasteiger partial charge on any atom is 0.328 e. The summed E-state index contributed by atoms with van der Waals surface area (Å²) in [5.74, 6) is -1.20. The van der Waals surface area contributed by atoms with E-state index in [1.54, 1.807) is 26.5 Å². The van der Waals surface area contributed by atoms with E-state index in [1.165, 1.54) is 6.07 Å². The van der Waals surface area contributed by atoms with Gasteiger partial charge in [-0.1, -0.05) is 23.7 Å². The number of carboxylic acids is 1. The first-order chi connectivity index (χ1) is 17.2. The molecule has 198 valence electrons. The van der Waals surface area contributed by atoms with E-state index in [-0.39, 0.29) is 4.90 Å². The van der Waals surface area contributed by atoms with Crippen molar-refractivity contribution in [2.75, 3.05) is 34.4 Å². The zero-order chi connectivity index (χ0) is 27.7. The molecule has 0 spiro atoms. The summed E-state index contributed by atoms with van der Waals surface area (Å²) in [6.45, 7) is 0.300. The molecular formula is C26H30ClFN4O4S. The lowest BCUT2D eigenvalue weighted by Crippen LogP contribution is -2.34. The van der Waals surface area contributed by atoms with Gasteiger partial charge in [-0.15, -0.1) is 0 Å². The standard InChI is InChI=1S/C21H17ClFNO4S.C5H13N3/c1-29(27,28)18-10-15(23)9-17-16-7-4-13(8-19(25)26)20(16)24(21(17)18)11-12-2-5-14(22)6-3-12;1-7(2)5(6)8(3)4/h2-3,5-6,8-10H,4,7,11H2,1H3,(H,25,26);6H,1-4H3/b13-8+;. The molecule has 37 heavy (non-hydrogen) atoms. The summed E-state index contributed by atoms with van der Waals surface area (Å²) in [7, 11) is 3.68. The van der Waals surface area contributed by atoms with Crippen LogP contribution in [-0.2, 0) is 27.6 Å². The third kappa shape index (κ3) is 6.31. The van der Waals surface area contributed by atoms with Crippen molar-refractivity contribution in [1.29, 1.82) is 5.41 Å². The number of aryl methyl sites for hydroxylation is 1. The van der Waals surface area contributed by atoms with Crippen molar-refractivity contribution in [2.24, 2.45) is 0 Å². The summed E-state index contributed by atoms with van der Waals surface area (Å²) in [5, 5.41) is 17.6. The van der Waals surface area contributed by atoms with E-state index in [9.17, 15) is 22.7 Å². The monoisotopic (exact) mass is 548 g/mol. The van der Waals surface area contributed by atoms with Crippen LogP contribution < -0.4 is 0 Å². The fourth-order valence-electron chi connectivity index (χ4n) is 4.39. The maximum atomic E-state index is 14.3. The molecule has 2 N–H and O–H groups in total. The first kappa shape index (κ1) is 28.2. The van der Waals surface area contributed by atoms with Crippen LogP contribution >= 0.6 is 11.6 Å². The minimum absolute atomic E-state index is 0.106. The molecule has 0 radical (unpaired) electrons. The summed E-state index contributed by atoms with van der Waals surface area (Å²) in [6, 6.07) is 9.44. The zero-order valence-corrected chi connectivity index (χ0v) is 22.9. The Balaban J connectivity index is 0.000000414. The van der Waals surface area contributed by atoms with E-state index >= 15 is 0 Å². The highest BCUT2D eigenvalue weighted by atomic mass is 35.5. The van der Waals surface area contributed by atoms with Gasteiger partial charge < -0.3 is 19.5 Å². The second-order valence-electron chi connectivity index (χ2n) is 9.23. The first-order valence-electron chi connectivity index (χ1n) is 11.4. The van der Waals surface area contributed by atoms with Crippen molar-refractivity contribution in [3.8, 4) is 0 Å². The Bertz CT molecular complexity index is 1480. The van der Waals surface area contributed by atoms with Gasteiger partial charge in [0.05, 0.1) is 10.4 Å². The number of sulfone groups is 1. The Morgan fingerprint density at radius 2 is 1.73 bits per heavy atom. The van der Waals surface area contributed by atoms with Crippen LogP contribution in [0.25, 0.3) is 16.5 Å². The molecule has 0 bridgehead atoms. The van der Waals surface area contributed by atoms with Gasteiger partial charge in [0.1, 0.15) is 5.82 Å². The predicted octanol–water partition coefficient (Wildman–Crippen LogP) is 4.34. The van der Waals surface area contributed by atoms with Crippen LogP contribution in [0.3, 0.4) is 0 Å². The summed E-state index contributed by atoms with van der Waals surface area (Å²) < 4.78 is 40.9. The molecule has 11 heteroatoms. The van der Waals surface area contributed by atoms with Gasteiger partial charge in [0.25, 0.3) is 0 Å². The Morgan fingerprint density at radius 1 is 1.14 bits per heavy atom. The van der Waals surface area contributed by atoms with Crippen LogP contribution in [-0.4, -0.2) is 74.3 Å². The van der Waals surface area contributed by atoms with Gasteiger partial charge in [-0.3, -0.25) is 5.41 Å². The van der Waals surface area contributed by atoms with E-state index in [1.807, 2.05) is 40.3 Å². The number of nitrogens with zero attached hydrogens (tertiary/aromatic N) is 3. The van der Waals surface area contributed by atoms with Crippen LogP contribution in [0.4, 0.5) is 4.39 Å². The van der Waals surface area contributed by atoms with Crippen LogP contribution in [0.15, 0.2) is 47.4 Å². The molecule has 0 saturated carbocycles. The Hall–Kier alpha value is -3.37. The van der Waals surface area contributed by atoms with E-state index in [0.717, 1.165) is 29.5 Å². The number of aromatic nitrogens is 1. The third-order valence-electron chi connectivity index (χ3n) is 5.94. The number of guanidine groups is 1. The van der Waals surface area contributed by atoms with Crippen molar-refractivity contribution >= 4 is 49.8 Å². The quantitative estimate of drug-likeness (QED) is 0.285. The smallest absolute Gasteiger partial charge is 0.328 e. The molecular weight excluding hydrogens is 519 g/mol. The normalized spacial score (nSPS) is 13.8. The van der Waals surface area contributed by atoms with E-state index in [0.29, 0.717) is 52.5 Å². The van der Waals surface area contributed by atoms with Gasteiger partial charge in [-0.05, 0) is 53.8 Å². The molecule has 3 aromatic rings. The first-order valence-corrected chi connectivity index (χ1v) is 13.6. The second-order valence-corrected chi connectivity index (χ2v) is 11.7. The van der Waals surface area contributed by atoms with E-state index < -0.39 is 21.6 Å². The van der Waals surface area contributed by atoms with E-state index in [2.05, 4.69) is 0 Å². The summed E-state index contributed by atoms with van der Waals surface area (Å²) in [5.41, 5.74) is 3.26. The van der Waals surface area contributed by atoms with Gasteiger partial charge in [0, 0.05) is 63.2 Å². The highest BCUT2D eigenvalue weighted by molar-refractivity contribution is 7.91. The van der Waals surface area contributed by atoms with Gasteiger partial charge in [0.15, 0.2) is 15.8 Å². The molecule has 1 aliphatic rings. The summed E-state index contributed by atoms with van der Waals surface area (Å²) in [4.78, 5) is 14.7. The van der Waals surface area contributed by atoms with Gasteiger partial charge in [0.2, 0.25) is 0 Å². The van der Waals surface area contributed by atoms with Gasteiger partial charge >= 0.3 is 5.97 Å². The number of aliphatic carboxylic acids is 1. The molecule has 1 aromatic heterocycles. The molecule has 0 amide bonds. The lowest BCUT2D eigenvalue weighted by molar-refractivity contribution is -0.131. The third-order valence-corrected chi connectivity index (χ3v) is 7.30. The number of halogens is 2. The number of hydrogen-bond acceptors (Lipinski definition) is 4. The molecule has 0 unspecified atom stereocenters. The molecule has 1 aliphatic carbocycles. The lowest BCUT2D eigenvalue weighted by Gasteiger charge is -2.19. The molecule has 0 atom stereocenters. The largest absolute Gasteiger partial charge is 0.478 e. The SMILES string of the molecule is CN(C)C(=N)N(C)C.CS(=O)(=O)c1cc(F)cc2c3c(n(Cc4ccc(Cl)cc4)c12)/C(=C/C(=O)O)CC3. The highest BCUT2D eigenvalue weighted by Gasteiger charge is 2.30. The van der Waals surface area contributed by atoms with Crippen molar-refractivity contribution in [3.63, 3.8) is 0 Å². The van der Waals surface area contributed by atoms with Crippen LogP contribution in [0.5, 0.6) is 0 Å². The Morgan fingerprint density at radius 3 is 2.22 bits per heavy atom. The zero-order valence-electron chi connectivity index (χ0n) is 21.3. The molecule has 4 rings (SSSR count). The average molecular weight is 549 g/mol. The molecule has 0 saturated heterocycles. The number of benzene rings is 2. The van der Waals surface area contributed by atoms with Crippen LogP contribution in [0.1, 0.15) is 23.2 Å². The maximum absolute atomic E-state index is 14.3. The molecule has 1 heterocycles. The average Bonchev–Trinajstić information content (AvgIpc) is 3.32. The number of allylic oxidation sites excluding steroid dienone is 1. The second kappa shape index (κ2) is 10.9. The van der Waals surface area contributed by atoms with Crippen molar-refractivity contribution in [1.82, 2.24) is 14.4 Å². The number of carboxylic acid groups (broad SMARTS) is 1. The lowest BCUT2D eigenvalue weighted by atomic mass is 10.1. The molecule has 0 fully saturated rings. The van der Waals surface area contributed by atoms with Gasteiger partial charge in [-0.2, -0.15) is 0 Å². The topological polar surface area (TPSA) is 107 Å². The van der Waals surface area contributed by atoms with Crippen molar-refractivity contribution in [3.05, 3.63) is 70.1 Å². The minimum atomic E-state index is -3.72. The molecule has 2 aromatic carbocycles. The Labute approximate surface area is 221 Å². The number of carbonyl (C=O) groups is 1. The van der Waals surface area contributed by atoms with Crippen molar-refractivity contribution < 1.29 is 22.7 Å². The number of rotatable bonds is 4. The summed E-state index contributed by atoms with van der Waals surface area (Å²) >= 11 is 5.96. The molecule has 8 nitrogen and oxygen atoms in total. The van der Waals surface area contributed by atoms with Gasteiger partial charge in [-0.25, -0.2) is 17.6 Å². The van der Waals surface area contributed by atoms with Crippen LogP contribution in [0, 0.1) is 11.2 Å². The minimum Gasteiger partial charge on any atom is -0.478 e. The highest BCUT2D eigenvalue weighted by Crippen LogP contribution is 2.42. The fourth-order valence-corrected chi connectivity index (χ4v) is 5.41. The van der Waals surface area contributed by atoms with Crippen molar-refractivity contribution in [2.45, 2.75) is 24.3 Å². The number of hydrogen-bond donors (Lipinski definition) is 2. The molecule has 0 aliphatic heterocycles. The summed E-state index contributed by atoms with van der Waals surface area (Å²) in [6.07, 6.45) is 3.20. The number of fused-ring (bicyclic) bond motifs is 3. The Kier molecular flexibility index (Phi) is 8.34. The number of nitrogens with one attached hydrogen (secondary N) is 1.